The molecule has 0 aliphatic carbocycles. The minimum Gasteiger partial charge on any atom is -0.509 e. The summed E-state index contributed by atoms with van der Waals surface area (Å²) in [6.07, 6.45) is 1.67. The Morgan fingerprint density at radius 2 is 1.17 bits per heavy atom. The quantitative estimate of drug-likeness (QED) is 0.142. The number of pyridine rings is 1. The molecule has 1 aliphatic heterocycles. The van der Waals surface area contributed by atoms with Gasteiger partial charge in [-0.2, -0.15) is 6.07 Å². The van der Waals surface area contributed by atoms with Crippen LogP contribution in [0, 0.1) is 25.7 Å². The van der Waals surface area contributed by atoms with Crippen molar-refractivity contribution in [2.45, 2.75) is 33.0 Å². The van der Waals surface area contributed by atoms with E-state index in [0.717, 1.165) is 72.4 Å². The van der Waals surface area contributed by atoms with Crippen molar-refractivity contribution in [1.82, 2.24) is 9.55 Å². The van der Waals surface area contributed by atoms with Crippen LogP contribution in [-0.4, -0.2) is 9.55 Å². The smallest absolute Gasteiger partial charge is 0.135 e. The van der Waals surface area contributed by atoms with Gasteiger partial charge in [-0.1, -0.05) is 166 Å². The summed E-state index contributed by atoms with van der Waals surface area (Å²) in [6.45, 7) is 6.39. The molecule has 0 N–H and O–H groups in total. The molecule has 3 heterocycles. The predicted octanol–water partition coefficient (Wildman–Crippen LogP) is 15.6. The number of hydrogen-bond donors (Lipinski definition) is 0. The Morgan fingerprint density at radius 3 is 1.82 bits per heavy atom. The van der Waals surface area contributed by atoms with E-state index in [-0.39, 0.29) is 32.0 Å². The molecular weight excluding hydrogens is 976 g/mol. The van der Waals surface area contributed by atoms with Gasteiger partial charge in [0.05, 0.1) is 0 Å². The Balaban J connectivity index is 0.00000539. The summed E-state index contributed by atoms with van der Waals surface area (Å²) in [6, 6.07) is 70.9. The fourth-order valence-electron chi connectivity index (χ4n) is 8.84. The molecule has 0 saturated carbocycles. The van der Waals surface area contributed by atoms with Gasteiger partial charge in [0.2, 0.25) is 0 Å². The second-order valence-electron chi connectivity index (χ2n) is 17.1. The Hall–Kier alpha value is -7.20. The summed E-state index contributed by atoms with van der Waals surface area (Å²) in [5.74, 6) is 1.50. The van der Waals surface area contributed by atoms with E-state index >= 15 is 0 Å². The zero-order valence-electron chi connectivity index (χ0n) is 39.1. The molecule has 0 bridgehead atoms. The summed E-state index contributed by atoms with van der Waals surface area (Å²) in [7, 11) is 0. The van der Waals surface area contributed by atoms with E-state index in [4.69, 9.17) is 13.8 Å². The van der Waals surface area contributed by atoms with E-state index < -0.39 is 6.85 Å². The average molecular weight is 1020 g/mol. The van der Waals surface area contributed by atoms with Gasteiger partial charge < -0.3 is 19.1 Å². The molecule has 8 aromatic carbocycles. The van der Waals surface area contributed by atoms with Gasteiger partial charge in [-0.05, 0) is 64.2 Å². The normalized spacial score (nSPS) is 13.2. The zero-order chi connectivity index (χ0) is 45.9. The monoisotopic (exact) mass is 1020 g/mol. The van der Waals surface area contributed by atoms with Crippen LogP contribution in [0.15, 0.2) is 194 Å². The largest absolute Gasteiger partial charge is 0.509 e. The van der Waals surface area contributed by atoms with Crippen LogP contribution < -0.4 is 14.5 Å². The average Bonchev–Trinajstić information content (AvgIpc) is 3.90. The van der Waals surface area contributed by atoms with Crippen molar-refractivity contribution in [3.8, 4) is 50.7 Å². The molecule has 11 rings (SSSR count). The topological polar surface area (TPSA) is 33.5 Å². The van der Waals surface area contributed by atoms with E-state index in [2.05, 4.69) is 171 Å². The summed E-state index contributed by atoms with van der Waals surface area (Å²) < 4.78 is 34.5. The van der Waals surface area contributed by atoms with Crippen LogP contribution in [0.25, 0.3) is 61.0 Å². The van der Waals surface area contributed by atoms with Gasteiger partial charge in [0, 0.05) is 82.1 Å². The predicted molar refractivity (Wildman–Crippen MR) is 264 cm³/mol. The number of nitrogens with zero attached hydrogens (tertiary/aromatic N) is 4. The number of para-hydroxylation sites is 4. The number of rotatable bonds is 8. The van der Waals surface area contributed by atoms with Gasteiger partial charge in [0.25, 0.3) is 0 Å². The minimum absolute atomic E-state index is 0. The van der Waals surface area contributed by atoms with Crippen molar-refractivity contribution < 1.29 is 29.9 Å². The SMILES string of the molecule is [2H]C([2H])([2H])c1cc(-n2c3[c-]c(Oc4[c-]c(N5[CH-]N(c6c(-c7ccccc7)cccc6-c6ccccc6)c6ccccc65)cc(C(C)(C)C)c4)ccc3c3ccccc32)ncc1-c1ccccc1.[Pt]. The van der Waals surface area contributed by atoms with Gasteiger partial charge in [0.1, 0.15) is 5.82 Å². The Labute approximate surface area is 399 Å². The van der Waals surface area contributed by atoms with Gasteiger partial charge >= 0.3 is 0 Å². The fraction of sp³-hybridized carbons (Fsp3) is 0.0847. The maximum Gasteiger partial charge on any atom is 0.135 e. The standard InChI is InChI=1S/C59H45N4O.Pt/c1-40-33-57(60-38-52(40)43-23-12-7-13-24-43)63-53-28-15-14-25-50(53)51-32-31-46(37-56(51)63)64-47-35-44(59(2,3)4)34-45(36-47)61-39-62(55-30-17-16-29-54(55)61)58-48(41-19-8-5-9-20-41)26-18-27-49(58)42-21-10-6-11-22-42;/h5-35,38-39H,1-4H3;/q-3;/i1D3;. The van der Waals surface area contributed by atoms with Gasteiger partial charge in [-0.15, -0.1) is 53.6 Å². The number of fused-ring (bicyclic) bond motifs is 4. The molecular formula is C59H45N4OPt-3. The van der Waals surface area contributed by atoms with Crippen molar-refractivity contribution in [2.75, 3.05) is 9.80 Å². The first-order valence-electron chi connectivity index (χ1n) is 23.0. The van der Waals surface area contributed by atoms with E-state index in [1.54, 1.807) is 12.3 Å². The number of ether oxygens (including phenoxy) is 1. The van der Waals surface area contributed by atoms with Crippen LogP contribution in [0.1, 0.15) is 36.0 Å². The van der Waals surface area contributed by atoms with Crippen molar-refractivity contribution in [2.24, 2.45) is 0 Å². The van der Waals surface area contributed by atoms with Crippen LogP contribution in [0.2, 0.25) is 0 Å². The molecule has 0 radical (unpaired) electrons. The third-order valence-corrected chi connectivity index (χ3v) is 12.0. The van der Waals surface area contributed by atoms with Crippen molar-refractivity contribution in [3.05, 3.63) is 224 Å². The first-order valence-corrected chi connectivity index (χ1v) is 21.5. The van der Waals surface area contributed by atoms with Crippen LogP contribution >= 0.6 is 0 Å². The van der Waals surface area contributed by atoms with Crippen LogP contribution in [-0.2, 0) is 26.5 Å². The summed E-state index contributed by atoms with van der Waals surface area (Å²) in [4.78, 5) is 9.41. The first-order chi connectivity index (χ1) is 32.5. The van der Waals surface area contributed by atoms with Crippen molar-refractivity contribution in [1.29, 1.82) is 0 Å². The summed E-state index contributed by atoms with van der Waals surface area (Å²) >= 11 is 0. The molecule has 0 amide bonds. The fourth-order valence-corrected chi connectivity index (χ4v) is 8.84. The number of anilines is 4. The Kier molecular flexibility index (Phi) is 10.0. The minimum atomic E-state index is -2.38. The Bertz CT molecular complexity index is 3400. The molecule has 2 aromatic heterocycles. The molecule has 1 aliphatic rings. The number of hydrogen-bond acceptors (Lipinski definition) is 4. The molecule has 6 heteroatoms. The van der Waals surface area contributed by atoms with Gasteiger partial charge in [-0.3, -0.25) is 0 Å². The second kappa shape index (κ2) is 17.1. The molecule has 65 heavy (non-hydrogen) atoms. The molecule has 0 unspecified atom stereocenters. The number of aromatic nitrogens is 2. The maximum absolute atomic E-state index is 8.55. The van der Waals surface area contributed by atoms with E-state index in [1.807, 2.05) is 65.2 Å². The number of aryl methyl sites for hydroxylation is 1. The van der Waals surface area contributed by atoms with Crippen LogP contribution in [0.4, 0.5) is 22.7 Å². The summed E-state index contributed by atoms with van der Waals surface area (Å²) in [5, 5.41) is 1.93. The van der Waals surface area contributed by atoms with E-state index in [1.165, 1.54) is 0 Å². The molecule has 5 nitrogen and oxygen atoms in total. The van der Waals surface area contributed by atoms with Gasteiger partial charge in [-0.25, -0.2) is 4.98 Å². The molecule has 0 atom stereocenters. The molecule has 320 valence electrons. The number of benzene rings is 8. The third kappa shape index (κ3) is 7.70. The Morgan fingerprint density at radius 1 is 0.569 bits per heavy atom. The molecule has 0 fully saturated rings. The third-order valence-electron chi connectivity index (χ3n) is 12.0. The van der Waals surface area contributed by atoms with Gasteiger partial charge in [0.15, 0.2) is 0 Å². The zero-order valence-corrected chi connectivity index (χ0v) is 38.3. The second-order valence-corrected chi connectivity index (χ2v) is 17.1. The molecule has 10 aromatic rings. The van der Waals surface area contributed by atoms with Crippen molar-refractivity contribution in [3.63, 3.8) is 0 Å². The van der Waals surface area contributed by atoms with E-state index in [9.17, 15) is 0 Å². The van der Waals surface area contributed by atoms with Crippen molar-refractivity contribution >= 4 is 44.6 Å². The summed E-state index contributed by atoms with van der Waals surface area (Å²) in [5.41, 5.74) is 12.5. The maximum atomic E-state index is 8.55. The molecule has 0 saturated heterocycles. The van der Waals surface area contributed by atoms with Crippen LogP contribution in [0.5, 0.6) is 11.5 Å². The molecule has 0 spiro atoms. The first kappa shape index (κ1) is 38.3. The van der Waals surface area contributed by atoms with E-state index in [0.29, 0.717) is 28.4 Å². The van der Waals surface area contributed by atoms with Crippen LogP contribution in [0.3, 0.4) is 0 Å².